The van der Waals surface area contributed by atoms with Gasteiger partial charge in [-0.1, -0.05) is 34.1 Å². The number of nitrogens with two attached hydrogens (primary N) is 1. The molecule has 1 amide bonds. The Labute approximate surface area is 123 Å². The maximum Gasteiger partial charge on any atom is 0.410 e. The maximum absolute atomic E-state index is 12.1. The van der Waals surface area contributed by atoms with E-state index >= 15 is 0 Å². The smallest absolute Gasteiger partial charge is 0.410 e. The second kappa shape index (κ2) is 6.91. The Morgan fingerprint density at radius 1 is 1.37 bits per heavy atom. The second-order valence-electron chi connectivity index (χ2n) is 5.28. The van der Waals surface area contributed by atoms with Crippen LogP contribution in [0.2, 0.25) is 0 Å². The summed E-state index contributed by atoms with van der Waals surface area (Å²) in [5.74, 6) is 0. The molecule has 0 aliphatic carbocycles. The van der Waals surface area contributed by atoms with E-state index in [9.17, 15) is 4.79 Å². The minimum absolute atomic E-state index is 0.339. The first-order valence-corrected chi connectivity index (χ1v) is 7.04. The quantitative estimate of drug-likeness (QED) is 0.923. The van der Waals surface area contributed by atoms with E-state index in [2.05, 4.69) is 15.9 Å². The van der Waals surface area contributed by atoms with E-state index in [1.54, 1.807) is 4.90 Å². The van der Waals surface area contributed by atoms with E-state index in [1.807, 2.05) is 45.0 Å². The topological polar surface area (TPSA) is 55.6 Å². The normalized spacial score (nSPS) is 11.2. The molecule has 0 fully saturated rings. The Kier molecular flexibility index (Phi) is 5.82. The molecule has 19 heavy (non-hydrogen) atoms. The summed E-state index contributed by atoms with van der Waals surface area (Å²) >= 11 is 3.48. The van der Waals surface area contributed by atoms with Crippen molar-refractivity contribution in [1.82, 2.24) is 4.90 Å². The molecule has 0 bridgehead atoms. The van der Waals surface area contributed by atoms with Crippen LogP contribution in [0, 0.1) is 0 Å². The highest BCUT2D eigenvalue weighted by molar-refractivity contribution is 9.10. The molecule has 5 heteroatoms. The first-order chi connectivity index (χ1) is 8.83. The van der Waals surface area contributed by atoms with Crippen molar-refractivity contribution < 1.29 is 9.53 Å². The number of hydrogen-bond acceptors (Lipinski definition) is 3. The molecule has 4 nitrogen and oxygen atoms in total. The van der Waals surface area contributed by atoms with Gasteiger partial charge in [-0.25, -0.2) is 4.79 Å². The van der Waals surface area contributed by atoms with Gasteiger partial charge in [-0.2, -0.15) is 0 Å². The molecule has 1 rings (SSSR count). The molecular weight excluding hydrogens is 308 g/mol. The SMILES string of the molecule is CC(C)(C)OC(=O)N(CCN)Cc1ccccc1Br. The summed E-state index contributed by atoms with van der Waals surface area (Å²) < 4.78 is 6.35. The Balaban J connectivity index is 2.78. The Morgan fingerprint density at radius 3 is 2.53 bits per heavy atom. The molecule has 0 saturated heterocycles. The van der Waals surface area contributed by atoms with Gasteiger partial charge < -0.3 is 15.4 Å². The lowest BCUT2D eigenvalue weighted by molar-refractivity contribution is 0.0239. The van der Waals surface area contributed by atoms with Crippen molar-refractivity contribution in [3.8, 4) is 0 Å². The molecule has 0 spiro atoms. The maximum atomic E-state index is 12.1. The zero-order valence-corrected chi connectivity index (χ0v) is 13.2. The summed E-state index contributed by atoms with van der Waals surface area (Å²) in [6, 6.07) is 7.80. The van der Waals surface area contributed by atoms with Crippen molar-refractivity contribution in [1.29, 1.82) is 0 Å². The average Bonchev–Trinajstić information content (AvgIpc) is 2.29. The van der Waals surface area contributed by atoms with E-state index in [0.29, 0.717) is 19.6 Å². The number of hydrogen-bond donors (Lipinski definition) is 1. The lowest BCUT2D eigenvalue weighted by Gasteiger charge is -2.27. The molecular formula is C14H21BrN2O2. The molecule has 0 heterocycles. The predicted molar refractivity (Wildman–Crippen MR) is 79.8 cm³/mol. The van der Waals surface area contributed by atoms with Gasteiger partial charge in [-0.3, -0.25) is 0 Å². The van der Waals surface area contributed by atoms with Crippen LogP contribution in [0.1, 0.15) is 26.3 Å². The second-order valence-corrected chi connectivity index (χ2v) is 6.14. The molecule has 106 valence electrons. The number of carbonyl (C=O) groups excluding carboxylic acids is 1. The van der Waals surface area contributed by atoms with Gasteiger partial charge in [0.1, 0.15) is 5.60 Å². The molecule has 0 atom stereocenters. The van der Waals surface area contributed by atoms with E-state index in [1.165, 1.54) is 0 Å². The largest absolute Gasteiger partial charge is 0.444 e. The van der Waals surface area contributed by atoms with Crippen LogP contribution in [-0.2, 0) is 11.3 Å². The number of benzene rings is 1. The highest BCUT2D eigenvalue weighted by atomic mass is 79.9. The molecule has 0 unspecified atom stereocenters. The summed E-state index contributed by atoms with van der Waals surface area (Å²) in [4.78, 5) is 13.7. The third kappa shape index (κ3) is 5.61. The van der Waals surface area contributed by atoms with Gasteiger partial charge in [0, 0.05) is 17.6 Å². The number of amides is 1. The van der Waals surface area contributed by atoms with E-state index in [4.69, 9.17) is 10.5 Å². The van der Waals surface area contributed by atoms with Crippen LogP contribution in [0.4, 0.5) is 4.79 Å². The molecule has 0 aliphatic rings. The summed E-state index contributed by atoms with van der Waals surface area (Å²) in [6.45, 7) is 6.91. The van der Waals surface area contributed by atoms with Crippen molar-refractivity contribution in [2.45, 2.75) is 32.9 Å². The van der Waals surface area contributed by atoms with Crippen molar-refractivity contribution in [2.24, 2.45) is 5.73 Å². The monoisotopic (exact) mass is 328 g/mol. The molecule has 1 aromatic rings. The Hall–Kier alpha value is -1.07. The molecule has 0 saturated carbocycles. The van der Waals surface area contributed by atoms with Crippen LogP contribution in [-0.4, -0.2) is 29.7 Å². The molecule has 0 radical (unpaired) electrons. The number of carbonyl (C=O) groups is 1. The van der Waals surface area contributed by atoms with Gasteiger partial charge in [0.2, 0.25) is 0 Å². The summed E-state index contributed by atoms with van der Waals surface area (Å²) in [7, 11) is 0. The highest BCUT2D eigenvalue weighted by Crippen LogP contribution is 2.19. The standard InChI is InChI=1S/C14H21BrN2O2/c1-14(2,3)19-13(18)17(9-8-16)10-11-6-4-5-7-12(11)15/h4-7H,8-10,16H2,1-3H3. The fraction of sp³-hybridized carbons (Fsp3) is 0.500. The first kappa shape index (κ1) is 16.0. The Bertz CT molecular complexity index is 430. The molecule has 2 N–H and O–H groups in total. The third-order valence-electron chi connectivity index (χ3n) is 2.37. The van der Waals surface area contributed by atoms with Crippen LogP contribution < -0.4 is 5.73 Å². The average molecular weight is 329 g/mol. The van der Waals surface area contributed by atoms with Gasteiger partial charge in [-0.15, -0.1) is 0 Å². The summed E-state index contributed by atoms with van der Waals surface area (Å²) in [5, 5.41) is 0. The van der Waals surface area contributed by atoms with Crippen molar-refractivity contribution in [2.75, 3.05) is 13.1 Å². The van der Waals surface area contributed by atoms with Crippen LogP contribution >= 0.6 is 15.9 Å². The van der Waals surface area contributed by atoms with Gasteiger partial charge >= 0.3 is 6.09 Å². The lowest BCUT2D eigenvalue weighted by Crippen LogP contribution is -2.39. The van der Waals surface area contributed by atoms with Crippen molar-refractivity contribution in [3.63, 3.8) is 0 Å². The Morgan fingerprint density at radius 2 is 2.00 bits per heavy atom. The summed E-state index contributed by atoms with van der Waals surface area (Å²) in [5.41, 5.74) is 6.09. The minimum Gasteiger partial charge on any atom is -0.444 e. The van der Waals surface area contributed by atoms with Gasteiger partial charge in [0.25, 0.3) is 0 Å². The van der Waals surface area contributed by atoms with E-state index in [0.717, 1.165) is 10.0 Å². The van der Waals surface area contributed by atoms with Crippen LogP contribution in [0.15, 0.2) is 28.7 Å². The van der Waals surface area contributed by atoms with Gasteiger partial charge in [0.15, 0.2) is 0 Å². The van der Waals surface area contributed by atoms with Crippen LogP contribution in [0.3, 0.4) is 0 Å². The number of ether oxygens (including phenoxy) is 1. The predicted octanol–water partition coefficient (Wildman–Crippen LogP) is 3.14. The third-order valence-corrected chi connectivity index (χ3v) is 3.14. The van der Waals surface area contributed by atoms with E-state index < -0.39 is 5.60 Å². The molecule has 1 aromatic carbocycles. The van der Waals surface area contributed by atoms with Gasteiger partial charge in [0.05, 0.1) is 6.54 Å². The fourth-order valence-corrected chi connectivity index (χ4v) is 1.96. The zero-order valence-electron chi connectivity index (χ0n) is 11.6. The fourth-order valence-electron chi connectivity index (χ4n) is 1.55. The molecule has 0 aliphatic heterocycles. The van der Waals surface area contributed by atoms with Crippen LogP contribution in [0.5, 0.6) is 0 Å². The molecule has 0 aromatic heterocycles. The highest BCUT2D eigenvalue weighted by Gasteiger charge is 2.22. The number of rotatable bonds is 4. The first-order valence-electron chi connectivity index (χ1n) is 6.25. The van der Waals surface area contributed by atoms with Gasteiger partial charge in [-0.05, 0) is 32.4 Å². The zero-order chi connectivity index (χ0) is 14.5. The summed E-state index contributed by atoms with van der Waals surface area (Å²) in [6.07, 6.45) is -0.339. The lowest BCUT2D eigenvalue weighted by atomic mass is 10.2. The van der Waals surface area contributed by atoms with Crippen molar-refractivity contribution >= 4 is 22.0 Å². The number of nitrogens with zero attached hydrogens (tertiary/aromatic N) is 1. The van der Waals surface area contributed by atoms with E-state index in [-0.39, 0.29) is 6.09 Å². The van der Waals surface area contributed by atoms with Crippen molar-refractivity contribution in [3.05, 3.63) is 34.3 Å². The number of halogens is 1. The van der Waals surface area contributed by atoms with Crippen LogP contribution in [0.25, 0.3) is 0 Å². The minimum atomic E-state index is -0.502.